The Bertz CT molecular complexity index is 1530. The Labute approximate surface area is 245 Å². The van der Waals surface area contributed by atoms with E-state index >= 15 is 0 Å². The van der Waals surface area contributed by atoms with E-state index < -0.39 is 0 Å². The second-order valence-corrected chi connectivity index (χ2v) is 10.5. The number of amides is 2. The molecule has 1 aliphatic heterocycles. The fourth-order valence-electron chi connectivity index (χ4n) is 5.56. The van der Waals surface area contributed by atoms with E-state index in [1.54, 1.807) is 37.6 Å². The van der Waals surface area contributed by atoms with Crippen LogP contribution in [0.25, 0.3) is 0 Å². The predicted octanol–water partition coefficient (Wildman–Crippen LogP) is 6.42. The molecule has 0 bridgehead atoms. The van der Waals surface area contributed by atoms with Gasteiger partial charge in [0, 0.05) is 42.4 Å². The molecule has 2 amide bonds. The van der Waals surface area contributed by atoms with Crippen molar-refractivity contribution < 1.29 is 23.8 Å². The van der Waals surface area contributed by atoms with Gasteiger partial charge in [0.25, 0.3) is 11.8 Å². The number of imide groups is 1. The number of carbonyl (C=O) groups is 2. The minimum Gasteiger partial charge on any atom is -0.493 e. The number of hydrogen-bond donors (Lipinski definition) is 0. The van der Waals surface area contributed by atoms with Crippen LogP contribution in [0.3, 0.4) is 0 Å². The van der Waals surface area contributed by atoms with E-state index in [0.717, 1.165) is 35.5 Å². The minimum atomic E-state index is -0.286. The highest BCUT2D eigenvalue weighted by Crippen LogP contribution is 2.38. The van der Waals surface area contributed by atoms with Gasteiger partial charge in [-0.2, -0.15) is 0 Å². The van der Waals surface area contributed by atoms with Gasteiger partial charge in [-0.15, -0.1) is 0 Å². The number of benzene rings is 3. The van der Waals surface area contributed by atoms with Gasteiger partial charge in [0.1, 0.15) is 12.4 Å². The van der Waals surface area contributed by atoms with Crippen LogP contribution >= 0.6 is 0 Å². The molecular formula is C34H33N3O5. The molecule has 0 radical (unpaired) electrons. The van der Waals surface area contributed by atoms with Crippen molar-refractivity contribution in [3.63, 3.8) is 0 Å². The summed E-state index contributed by atoms with van der Waals surface area (Å²) in [6.07, 6.45) is 8.27. The molecule has 3 aromatic carbocycles. The third kappa shape index (κ3) is 5.79. The number of carbonyl (C=O) groups excluding carboxylic acids is 2. The van der Waals surface area contributed by atoms with Gasteiger partial charge in [-0.3, -0.25) is 19.5 Å². The summed E-state index contributed by atoms with van der Waals surface area (Å²) in [6.45, 7) is 0.914. The molecule has 2 aliphatic rings. The maximum atomic E-state index is 12.7. The van der Waals surface area contributed by atoms with Crippen LogP contribution < -0.4 is 19.1 Å². The minimum absolute atomic E-state index is 0.163. The first-order valence-corrected chi connectivity index (χ1v) is 14.3. The first kappa shape index (κ1) is 27.3. The van der Waals surface area contributed by atoms with Gasteiger partial charge < -0.3 is 19.1 Å². The molecule has 8 nitrogen and oxygen atoms in total. The summed E-state index contributed by atoms with van der Waals surface area (Å²) in [6, 6.07) is 24.6. The Morgan fingerprint density at radius 2 is 1.62 bits per heavy atom. The molecule has 42 heavy (non-hydrogen) atoms. The van der Waals surface area contributed by atoms with Gasteiger partial charge in [-0.25, -0.2) is 0 Å². The van der Waals surface area contributed by atoms with Crippen molar-refractivity contribution in [1.82, 2.24) is 9.88 Å². The normalized spacial score (nSPS) is 14.6. The van der Waals surface area contributed by atoms with Crippen molar-refractivity contribution in [2.24, 2.45) is 0 Å². The summed E-state index contributed by atoms with van der Waals surface area (Å²) >= 11 is 0. The summed E-state index contributed by atoms with van der Waals surface area (Å²) in [5.41, 5.74) is 3.77. The number of ether oxygens (including phenoxy) is 3. The molecule has 6 rings (SSSR count). The van der Waals surface area contributed by atoms with Gasteiger partial charge in [-0.05, 0) is 73.7 Å². The maximum Gasteiger partial charge on any atom is 0.261 e. The van der Waals surface area contributed by atoms with Gasteiger partial charge in [0.15, 0.2) is 11.5 Å². The predicted molar refractivity (Wildman–Crippen MR) is 160 cm³/mol. The lowest BCUT2D eigenvalue weighted by molar-refractivity contribution is 0.0631. The van der Waals surface area contributed by atoms with E-state index in [1.165, 1.54) is 17.7 Å². The van der Waals surface area contributed by atoms with Crippen LogP contribution in [0.5, 0.6) is 17.2 Å². The molecule has 1 aliphatic carbocycles. The summed E-state index contributed by atoms with van der Waals surface area (Å²) in [7, 11) is 1.66. The maximum absolute atomic E-state index is 12.7. The topological polar surface area (TPSA) is 81.2 Å². The standard InChI is InChI=1S/C34H33N3O5/c1-40-31-16-15-26(21-32(31)42-27-10-2-3-11-27)37(23-24-8-7-17-35-22-24)25-9-6-12-28(20-25)41-19-18-36-33(38)29-13-4-5-14-30(29)34(36)39/h4-9,12-17,20-22,27H,2-3,10-11,18-19,23H2,1H3. The zero-order chi connectivity index (χ0) is 28.9. The molecule has 0 saturated heterocycles. The molecule has 0 spiro atoms. The first-order valence-electron chi connectivity index (χ1n) is 14.3. The fraction of sp³-hybridized carbons (Fsp3) is 0.265. The Kier molecular flexibility index (Phi) is 8.03. The number of fused-ring (bicyclic) bond motifs is 1. The Hall–Kier alpha value is -4.85. The number of hydrogen-bond acceptors (Lipinski definition) is 7. The van der Waals surface area contributed by atoms with E-state index in [-0.39, 0.29) is 31.1 Å². The third-order valence-electron chi connectivity index (χ3n) is 7.71. The van der Waals surface area contributed by atoms with Crippen LogP contribution in [0.15, 0.2) is 91.3 Å². The number of rotatable bonds is 11. The van der Waals surface area contributed by atoms with E-state index in [0.29, 0.717) is 29.2 Å². The van der Waals surface area contributed by atoms with E-state index in [9.17, 15) is 9.59 Å². The molecule has 1 aromatic heterocycles. The van der Waals surface area contributed by atoms with Crippen LogP contribution in [-0.4, -0.2) is 48.1 Å². The zero-order valence-electron chi connectivity index (χ0n) is 23.6. The van der Waals surface area contributed by atoms with Gasteiger partial charge in [-0.1, -0.05) is 24.3 Å². The van der Waals surface area contributed by atoms with Crippen LogP contribution in [-0.2, 0) is 6.54 Å². The summed E-state index contributed by atoms with van der Waals surface area (Å²) in [4.78, 5) is 33.2. The van der Waals surface area contributed by atoms with Crippen molar-refractivity contribution in [3.8, 4) is 17.2 Å². The van der Waals surface area contributed by atoms with Gasteiger partial charge >= 0.3 is 0 Å². The van der Waals surface area contributed by atoms with Crippen LogP contribution in [0, 0.1) is 0 Å². The lowest BCUT2D eigenvalue weighted by Gasteiger charge is -2.27. The molecule has 1 fully saturated rings. The molecule has 0 atom stereocenters. The average molecular weight is 564 g/mol. The Morgan fingerprint density at radius 3 is 2.33 bits per heavy atom. The molecule has 8 heteroatoms. The molecular weight excluding hydrogens is 530 g/mol. The van der Waals surface area contributed by atoms with E-state index in [2.05, 4.69) is 9.88 Å². The van der Waals surface area contributed by atoms with Crippen molar-refractivity contribution in [1.29, 1.82) is 0 Å². The largest absolute Gasteiger partial charge is 0.493 e. The van der Waals surface area contributed by atoms with Gasteiger partial charge in [0.2, 0.25) is 0 Å². The highest BCUT2D eigenvalue weighted by Gasteiger charge is 2.34. The number of aromatic nitrogens is 1. The van der Waals surface area contributed by atoms with Crippen LogP contribution in [0.2, 0.25) is 0 Å². The van der Waals surface area contributed by atoms with E-state index in [4.69, 9.17) is 14.2 Å². The summed E-state index contributed by atoms with van der Waals surface area (Å²) in [5, 5.41) is 0. The molecule has 0 N–H and O–H groups in total. The van der Waals surface area contributed by atoms with Crippen molar-refractivity contribution >= 4 is 23.2 Å². The molecule has 2 heterocycles. The summed E-state index contributed by atoms with van der Waals surface area (Å²) in [5.74, 6) is 1.50. The number of anilines is 2. The number of methoxy groups -OCH3 is 1. The van der Waals surface area contributed by atoms with Crippen molar-refractivity contribution in [2.75, 3.05) is 25.2 Å². The molecule has 1 saturated carbocycles. The quantitative estimate of drug-likeness (QED) is 0.195. The average Bonchev–Trinajstić information content (AvgIpc) is 3.63. The van der Waals surface area contributed by atoms with E-state index in [1.807, 2.05) is 60.8 Å². The molecule has 214 valence electrons. The van der Waals surface area contributed by atoms with Gasteiger partial charge in [0.05, 0.1) is 30.9 Å². The zero-order valence-corrected chi connectivity index (χ0v) is 23.6. The Balaban J connectivity index is 1.22. The smallest absolute Gasteiger partial charge is 0.261 e. The van der Waals surface area contributed by atoms with Crippen LogP contribution in [0.4, 0.5) is 11.4 Å². The van der Waals surface area contributed by atoms with Crippen LogP contribution in [0.1, 0.15) is 52.0 Å². The SMILES string of the molecule is COc1ccc(N(Cc2cccnc2)c2cccc(OCCN3C(=O)c4ccccc4C3=O)c2)cc1OC1CCCC1. The first-order chi connectivity index (χ1) is 20.6. The monoisotopic (exact) mass is 563 g/mol. The fourth-order valence-corrected chi connectivity index (χ4v) is 5.56. The highest BCUT2D eigenvalue weighted by molar-refractivity contribution is 6.21. The second kappa shape index (κ2) is 12.3. The number of pyridine rings is 1. The third-order valence-corrected chi connectivity index (χ3v) is 7.71. The Morgan fingerprint density at radius 1 is 0.857 bits per heavy atom. The molecule has 4 aromatic rings. The summed E-state index contributed by atoms with van der Waals surface area (Å²) < 4.78 is 18.1. The lowest BCUT2D eigenvalue weighted by Crippen LogP contribution is -2.33. The van der Waals surface area contributed by atoms with Crippen molar-refractivity contribution in [2.45, 2.75) is 38.3 Å². The highest BCUT2D eigenvalue weighted by atomic mass is 16.5. The molecule has 0 unspecified atom stereocenters. The lowest BCUT2D eigenvalue weighted by atomic mass is 10.1. The number of nitrogens with zero attached hydrogens (tertiary/aromatic N) is 3. The van der Waals surface area contributed by atoms with Crippen molar-refractivity contribution in [3.05, 3.63) is 108 Å². The second-order valence-electron chi connectivity index (χ2n) is 10.5.